The Kier molecular flexibility index (Phi) is 4.92. The molecule has 0 bridgehead atoms. The number of amides is 2. The van der Waals surface area contributed by atoms with Gasteiger partial charge >= 0.3 is 6.03 Å². The normalized spacial score (nSPS) is 23.4. The van der Waals surface area contributed by atoms with Crippen LogP contribution in [-0.2, 0) is 0 Å². The van der Waals surface area contributed by atoms with Crippen molar-refractivity contribution in [1.29, 1.82) is 0 Å². The first-order valence-electron chi connectivity index (χ1n) is 7.04. The number of hydrogen-bond donors (Lipinski definition) is 4. The Bertz CT molecular complexity index is 447. The summed E-state index contributed by atoms with van der Waals surface area (Å²) in [6.07, 6.45) is 3.70. The van der Waals surface area contributed by atoms with E-state index in [1.165, 1.54) is 0 Å². The van der Waals surface area contributed by atoms with Gasteiger partial charge in [0.15, 0.2) is 0 Å². The van der Waals surface area contributed by atoms with Gasteiger partial charge in [-0.2, -0.15) is 0 Å². The fourth-order valence-electron chi connectivity index (χ4n) is 2.36. The summed E-state index contributed by atoms with van der Waals surface area (Å²) in [6, 6.07) is 4.49. The predicted molar refractivity (Wildman–Crippen MR) is 79.3 cm³/mol. The van der Waals surface area contributed by atoms with Crippen molar-refractivity contribution in [3.05, 3.63) is 23.9 Å². The van der Waals surface area contributed by atoms with Crippen molar-refractivity contribution in [3.63, 3.8) is 0 Å². The van der Waals surface area contributed by atoms with Crippen molar-refractivity contribution in [3.8, 4) is 0 Å². The lowest BCUT2D eigenvalue weighted by Crippen LogP contribution is -2.41. The maximum atomic E-state index is 11.8. The molecule has 0 radical (unpaired) electrons. The van der Waals surface area contributed by atoms with Gasteiger partial charge in [-0.3, -0.25) is 16.2 Å². The van der Waals surface area contributed by atoms with Gasteiger partial charge in [0.2, 0.25) is 0 Å². The molecule has 1 aromatic rings. The van der Waals surface area contributed by atoms with Crippen LogP contribution in [0, 0.1) is 6.92 Å². The Balaban J connectivity index is 1.74. The van der Waals surface area contributed by atoms with Crippen LogP contribution in [0.4, 0.5) is 10.6 Å². The number of carbonyl (C=O) groups is 1. The maximum absolute atomic E-state index is 11.8. The molecule has 0 spiro atoms. The zero-order chi connectivity index (χ0) is 14.5. The summed E-state index contributed by atoms with van der Waals surface area (Å²) in [5, 5.41) is 5.66. The van der Waals surface area contributed by atoms with Gasteiger partial charge < -0.3 is 5.32 Å². The second-order valence-corrected chi connectivity index (χ2v) is 5.58. The molecule has 1 fully saturated rings. The molecule has 6 heteroatoms. The summed E-state index contributed by atoms with van der Waals surface area (Å²) in [4.78, 5) is 16.0. The second kappa shape index (κ2) is 6.67. The van der Waals surface area contributed by atoms with Crippen LogP contribution < -0.4 is 21.5 Å². The highest BCUT2D eigenvalue weighted by atomic mass is 16.2. The van der Waals surface area contributed by atoms with Gasteiger partial charge in [-0.15, -0.1) is 0 Å². The number of hydrazine groups is 1. The molecule has 110 valence electrons. The third kappa shape index (κ3) is 4.47. The van der Waals surface area contributed by atoms with Crippen LogP contribution in [0.5, 0.6) is 0 Å². The van der Waals surface area contributed by atoms with E-state index in [1.54, 1.807) is 12.3 Å². The number of urea groups is 1. The molecule has 0 aliphatic carbocycles. The van der Waals surface area contributed by atoms with Crippen LogP contribution in [0.3, 0.4) is 0 Å². The molecule has 1 aromatic heterocycles. The Morgan fingerprint density at radius 1 is 1.50 bits per heavy atom. The number of aromatic nitrogens is 1. The minimum absolute atomic E-state index is 0.102. The molecule has 1 saturated heterocycles. The van der Waals surface area contributed by atoms with Gasteiger partial charge in [-0.25, -0.2) is 9.78 Å². The number of anilines is 1. The minimum Gasteiger partial charge on any atom is -0.335 e. The van der Waals surface area contributed by atoms with Crippen LogP contribution in [0.1, 0.15) is 32.3 Å². The second-order valence-electron chi connectivity index (χ2n) is 5.58. The van der Waals surface area contributed by atoms with E-state index in [0.717, 1.165) is 18.4 Å². The number of hydrogen-bond acceptors (Lipinski definition) is 4. The van der Waals surface area contributed by atoms with Crippen molar-refractivity contribution in [1.82, 2.24) is 21.2 Å². The average molecular weight is 277 g/mol. The van der Waals surface area contributed by atoms with E-state index < -0.39 is 0 Å². The summed E-state index contributed by atoms with van der Waals surface area (Å²) in [5.74, 6) is 0.564. The summed E-state index contributed by atoms with van der Waals surface area (Å²) >= 11 is 0. The van der Waals surface area contributed by atoms with E-state index >= 15 is 0 Å². The number of rotatable bonds is 4. The number of nitrogens with one attached hydrogen (secondary N) is 4. The van der Waals surface area contributed by atoms with Crippen LogP contribution in [-0.4, -0.2) is 29.1 Å². The molecule has 4 N–H and O–H groups in total. The first-order valence-corrected chi connectivity index (χ1v) is 7.04. The number of aryl methyl sites for hydroxylation is 1. The quantitative estimate of drug-likeness (QED) is 0.673. The van der Waals surface area contributed by atoms with Gasteiger partial charge in [-0.1, -0.05) is 6.07 Å². The van der Waals surface area contributed by atoms with Crippen LogP contribution >= 0.6 is 0 Å². The van der Waals surface area contributed by atoms with Gasteiger partial charge in [0, 0.05) is 24.3 Å². The van der Waals surface area contributed by atoms with Gasteiger partial charge in [0.1, 0.15) is 5.82 Å². The topological polar surface area (TPSA) is 78.1 Å². The molecular weight excluding hydrogens is 254 g/mol. The zero-order valence-electron chi connectivity index (χ0n) is 12.2. The lowest BCUT2D eigenvalue weighted by molar-refractivity contribution is 0.247. The number of pyridine rings is 1. The van der Waals surface area contributed by atoms with Gasteiger partial charge in [-0.05, 0) is 45.2 Å². The summed E-state index contributed by atoms with van der Waals surface area (Å²) in [6.45, 7) is 6.11. The fraction of sp³-hybridized carbons (Fsp3) is 0.571. The molecule has 1 aliphatic rings. The lowest BCUT2D eigenvalue weighted by atomic mass is 10.0. The lowest BCUT2D eigenvalue weighted by Gasteiger charge is -2.18. The highest BCUT2D eigenvalue weighted by molar-refractivity contribution is 5.88. The molecule has 1 aliphatic heterocycles. The van der Waals surface area contributed by atoms with Crippen LogP contribution in [0.15, 0.2) is 18.3 Å². The average Bonchev–Trinajstić information content (AvgIpc) is 2.77. The van der Waals surface area contributed by atoms with Gasteiger partial charge in [0.05, 0.1) is 0 Å². The Morgan fingerprint density at radius 3 is 2.90 bits per heavy atom. The number of carbonyl (C=O) groups excluding carboxylic acids is 1. The summed E-state index contributed by atoms with van der Waals surface area (Å²) in [5.41, 5.74) is 7.49. The van der Waals surface area contributed by atoms with Crippen LogP contribution in [0.25, 0.3) is 0 Å². The summed E-state index contributed by atoms with van der Waals surface area (Å²) in [7, 11) is 0. The largest absolute Gasteiger partial charge is 0.335 e. The monoisotopic (exact) mass is 277 g/mol. The molecule has 3 atom stereocenters. The molecule has 2 rings (SSSR count). The molecule has 6 nitrogen and oxygen atoms in total. The Morgan fingerprint density at radius 2 is 2.30 bits per heavy atom. The predicted octanol–water partition coefficient (Wildman–Crippen LogP) is 1.55. The smallest absolute Gasteiger partial charge is 0.320 e. The van der Waals surface area contributed by atoms with Crippen molar-refractivity contribution in [2.45, 2.75) is 51.7 Å². The third-order valence-electron chi connectivity index (χ3n) is 3.34. The minimum atomic E-state index is -0.215. The highest BCUT2D eigenvalue weighted by Crippen LogP contribution is 2.10. The Labute approximate surface area is 119 Å². The number of nitrogens with zero attached hydrogens (tertiary/aromatic N) is 1. The molecular formula is C14H23N5O. The van der Waals surface area contributed by atoms with E-state index in [4.69, 9.17) is 0 Å². The molecule has 0 aromatic carbocycles. The molecule has 2 amide bonds. The summed E-state index contributed by atoms with van der Waals surface area (Å²) < 4.78 is 0. The van der Waals surface area contributed by atoms with E-state index in [-0.39, 0.29) is 12.1 Å². The van der Waals surface area contributed by atoms with E-state index in [0.29, 0.717) is 17.9 Å². The highest BCUT2D eigenvalue weighted by Gasteiger charge is 2.22. The van der Waals surface area contributed by atoms with E-state index in [1.807, 2.05) is 19.9 Å². The molecule has 2 heterocycles. The van der Waals surface area contributed by atoms with Crippen molar-refractivity contribution in [2.75, 3.05) is 5.32 Å². The van der Waals surface area contributed by atoms with Crippen molar-refractivity contribution < 1.29 is 4.79 Å². The maximum Gasteiger partial charge on any atom is 0.320 e. The molecule has 0 saturated carbocycles. The zero-order valence-corrected chi connectivity index (χ0v) is 12.2. The molecule has 20 heavy (non-hydrogen) atoms. The SMILES string of the molecule is Cc1ccc(NC(=O)NC(C)CC2CC(C)NN2)nc1. The third-order valence-corrected chi connectivity index (χ3v) is 3.34. The first kappa shape index (κ1) is 14.7. The van der Waals surface area contributed by atoms with Crippen LogP contribution in [0.2, 0.25) is 0 Å². The van der Waals surface area contributed by atoms with E-state index in [2.05, 4.69) is 33.4 Å². The van der Waals surface area contributed by atoms with E-state index in [9.17, 15) is 4.79 Å². The first-order chi connectivity index (χ1) is 9.52. The van der Waals surface area contributed by atoms with Crippen molar-refractivity contribution >= 4 is 11.8 Å². The van der Waals surface area contributed by atoms with Gasteiger partial charge in [0.25, 0.3) is 0 Å². The Hall–Kier alpha value is -1.66. The van der Waals surface area contributed by atoms with Crippen molar-refractivity contribution in [2.24, 2.45) is 0 Å². The fourth-order valence-corrected chi connectivity index (χ4v) is 2.36. The standard InChI is InChI=1S/C14H23N5O/c1-9-4-5-13(15-8-9)17-14(20)16-10(2)6-12-7-11(3)18-19-12/h4-5,8,10-12,18-19H,6-7H2,1-3H3,(H2,15,16,17,20). The molecule has 3 unspecified atom stereocenters.